The molecule has 3 aromatic rings. The Balaban J connectivity index is 1.86. The van der Waals surface area contributed by atoms with E-state index >= 15 is 0 Å². The Morgan fingerprint density at radius 1 is 1.21 bits per heavy atom. The number of hydrogen-bond donors (Lipinski definition) is 1. The zero-order valence-corrected chi connectivity index (χ0v) is 17.1. The largest absolute Gasteiger partial charge is 0.466 e. The van der Waals surface area contributed by atoms with Crippen molar-refractivity contribution in [2.45, 2.75) is 45.4 Å². The van der Waals surface area contributed by atoms with E-state index in [1.165, 1.54) is 17.7 Å². The molecule has 0 spiro atoms. The number of benzene rings is 2. The average Bonchev–Trinajstić information content (AvgIpc) is 3.08. The van der Waals surface area contributed by atoms with E-state index in [4.69, 9.17) is 4.74 Å². The number of aromatic amines is 1. The molecule has 1 atom stereocenters. The molecular weight excluding hydrogens is 365 g/mol. The first-order valence-electron chi connectivity index (χ1n) is 10.3. The van der Waals surface area contributed by atoms with Crippen LogP contribution in [0.25, 0.3) is 16.5 Å². The summed E-state index contributed by atoms with van der Waals surface area (Å²) >= 11 is 0. The van der Waals surface area contributed by atoms with Gasteiger partial charge in [-0.2, -0.15) is 0 Å². The van der Waals surface area contributed by atoms with Crippen LogP contribution in [0.2, 0.25) is 0 Å². The van der Waals surface area contributed by atoms with Crippen molar-refractivity contribution < 1.29 is 13.9 Å². The second kappa shape index (κ2) is 7.86. The Morgan fingerprint density at radius 2 is 1.97 bits per heavy atom. The molecule has 0 bridgehead atoms. The zero-order chi connectivity index (χ0) is 20.5. The minimum Gasteiger partial charge on any atom is -0.466 e. The van der Waals surface area contributed by atoms with Gasteiger partial charge in [0.1, 0.15) is 5.82 Å². The van der Waals surface area contributed by atoms with E-state index in [1.807, 2.05) is 19.1 Å². The van der Waals surface area contributed by atoms with Gasteiger partial charge in [-0.1, -0.05) is 38.1 Å². The predicted octanol–water partition coefficient (Wildman–Crippen LogP) is 6.30. The van der Waals surface area contributed by atoms with Gasteiger partial charge >= 0.3 is 5.97 Å². The number of ether oxygens (including phenoxy) is 1. The summed E-state index contributed by atoms with van der Waals surface area (Å²) in [5.74, 6) is 0.0421. The van der Waals surface area contributed by atoms with E-state index < -0.39 is 0 Å². The fourth-order valence-corrected chi connectivity index (χ4v) is 4.16. The number of carbonyl (C=O) groups excluding carboxylic acids is 1. The summed E-state index contributed by atoms with van der Waals surface area (Å²) in [5.41, 5.74) is 6.59. The monoisotopic (exact) mass is 391 g/mol. The summed E-state index contributed by atoms with van der Waals surface area (Å²) in [5, 5.41) is 1.15. The number of nitrogens with one attached hydrogen (secondary N) is 1. The van der Waals surface area contributed by atoms with Gasteiger partial charge in [-0.05, 0) is 60.2 Å². The van der Waals surface area contributed by atoms with Gasteiger partial charge in [0.2, 0.25) is 0 Å². The molecule has 0 amide bonds. The number of halogens is 1. The van der Waals surface area contributed by atoms with Crippen molar-refractivity contribution in [2.24, 2.45) is 0 Å². The molecule has 2 aromatic carbocycles. The Morgan fingerprint density at radius 3 is 2.66 bits per heavy atom. The lowest BCUT2D eigenvalue weighted by atomic mass is 9.82. The number of rotatable bonds is 5. The Bertz CT molecular complexity index is 1080. The van der Waals surface area contributed by atoms with Crippen LogP contribution in [0.15, 0.2) is 48.5 Å². The highest BCUT2D eigenvalue weighted by atomic mass is 19.1. The van der Waals surface area contributed by atoms with Crippen LogP contribution < -0.4 is 0 Å². The maximum absolute atomic E-state index is 13.5. The minimum absolute atomic E-state index is 0.0446. The summed E-state index contributed by atoms with van der Waals surface area (Å²) in [7, 11) is 0. The van der Waals surface area contributed by atoms with E-state index in [0.29, 0.717) is 18.9 Å². The lowest BCUT2D eigenvalue weighted by Gasteiger charge is -2.23. The van der Waals surface area contributed by atoms with Crippen LogP contribution in [0.1, 0.15) is 67.8 Å². The molecule has 0 fully saturated rings. The number of esters is 1. The Hall–Kier alpha value is -2.88. The van der Waals surface area contributed by atoms with Crippen LogP contribution in [0.4, 0.5) is 4.39 Å². The molecule has 0 radical (unpaired) electrons. The maximum Gasteiger partial charge on any atom is 0.306 e. The number of H-pyrrole nitrogens is 1. The normalized spacial score (nSPS) is 16.0. The maximum atomic E-state index is 13.5. The topological polar surface area (TPSA) is 42.1 Å². The molecule has 150 valence electrons. The SMILES string of the molecule is CCOC(=O)CC1CC=C(c2ccc(F)cc2)c2c1[nH]c1ccc(C(C)C)cc21. The molecule has 4 heteroatoms. The molecule has 1 aliphatic rings. The van der Waals surface area contributed by atoms with E-state index in [0.717, 1.165) is 39.7 Å². The summed E-state index contributed by atoms with van der Waals surface area (Å²) in [6, 6.07) is 13.1. The van der Waals surface area contributed by atoms with E-state index in [2.05, 4.69) is 43.1 Å². The van der Waals surface area contributed by atoms with Crippen LogP contribution >= 0.6 is 0 Å². The van der Waals surface area contributed by atoms with Gasteiger partial charge in [0.15, 0.2) is 0 Å². The zero-order valence-electron chi connectivity index (χ0n) is 17.1. The lowest BCUT2D eigenvalue weighted by Crippen LogP contribution is -2.14. The summed E-state index contributed by atoms with van der Waals surface area (Å²) in [4.78, 5) is 15.7. The number of fused-ring (bicyclic) bond motifs is 3. The predicted molar refractivity (Wildman–Crippen MR) is 114 cm³/mol. The van der Waals surface area contributed by atoms with Gasteiger partial charge in [-0.15, -0.1) is 0 Å². The van der Waals surface area contributed by atoms with Crippen LogP contribution in [-0.2, 0) is 9.53 Å². The first-order valence-corrected chi connectivity index (χ1v) is 10.3. The standard InChI is InChI=1S/C25H26FNO2/c1-4-29-23(28)14-18-7-11-20(16-5-9-19(26)10-6-16)24-21-13-17(15(2)3)8-12-22(21)27-25(18)24/h5-6,8-13,15,18,27H,4,7,14H2,1-3H3. The van der Waals surface area contributed by atoms with Gasteiger partial charge in [0.25, 0.3) is 0 Å². The molecule has 3 nitrogen and oxygen atoms in total. The van der Waals surface area contributed by atoms with Crippen molar-refractivity contribution in [3.05, 3.63) is 76.7 Å². The smallest absolute Gasteiger partial charge is 0.306 e. The lowest BCUT2D eigenvalue weighted by molar-refractivity contribution is -0.143. The molecule has 0 saturated heterocycles. The molecule has 29 heavy (non-hydrogen) atoms. The molecule has 1 aromatic heterocycles. The Labute approximate surface area is 170 Å². The highest BCUT2D eigenvalue weighted by Gasteiger charge is 2.28. The van der Waals surface area contributed by atoms with Gasteiger partial charge in [0.05, 0.1) is 13.0 Å². The first-order chi connectivity index (χ1) is 14.0. The van der Waals surface area contributed by atoms with Crippen LogP contribution in [0.3, 0.4) is 0 Å². The van der Waals surface area contributed by atoms with Crippen molar-refractivity contribution in [3.63, 3.8) is 0 Å². The van der Waals surface area contributed by atoms with Crippen molar-refractivity contribution in [1.82, 2.24) is 4.98 Å². The van der Waals surface area contributed by atoms with Crippen LogP contribution in [0.5, 0.6) is 0 Å². The van der Waals surface area contributed by atoms with E-state index in [1.54, 1.807) is 0 Å². The molecule has 4 rings (SSSR count). The number of hydrogen-bond acceptors (Lipinski definition) is 2. The first kappa shape index (κ1) is 19.4. The fourth-order valence-electron chi connectivity index (χ4n) is 4.16. The summed E-state index contributed by atoms with van der Waals surface area (Å²) in [6.45, 7) is 6.58. The highest BCUT2D eigenvalue weighted by Crippen LogP contribution is 2.43. The Kier molecular flexibility index (Phi) is 5.27. The number of allylic oxidation sites excluding steroid dienone is 1. The molecule has 1 N–H and O–H groups in total. The average molecular weight is 391 g/mol. The molecule has 1 aliphatic carbocycles. The molecule has 0 aliphatic heterocycles. The van der Waals surface area contributed by atoms with E-state index in [9.17, 15) is 9.18 Å². The summed E-state index contributed by atoms with van der Waals surface area (Å²) in [6.07, 6.45) is 3.26. The highest BCUT2D eigenvalue weighted by molar-refractivity contribution is 6.00. The minimum atomic E-state index is -0.244. The van der Waals surface area contributed by atoms with Crippen molar-refractivity contribution >= 4 is 22.4 Å². The number of carbonyl (C=O) groups is 1. The molecule has 0 saturated carbocycles. The second-order valence-corrected chi connectivity index (χ2v) is 7.94. The van der Waals surface area contributed by atoms with Gasteiger partial charge in [-0.25, -0.2) is 4.39 Å². The third-order valence-corrected chi connectivity index (χ3v) is 5.68. The van der Waals surface area contributed by atoms with Crippen molar-refractivity contribution in [2.75, 3.05) is 6.61 Å². The van der Waals surface area contributed by atoms with Gasteiger partial charge in [0, 0.05) is 28.1 Å². The second-order valence-electron chi connectivity index (χ2n) is 7.94. The van der Waals surface area contributed by atoms with Gasteiger partial charge in [-0.3, -0.25) is 4.79 Å². The molecule has 1 unspecified atom stereocenters. The molecular formula is C25H26FNO2. The number of aromatic nitrogens is 1. The quantitative estimate of drug-likeness (QED) is 0.518. The van der Waals surface area contributed by atoms with Crippen molar-refractivity contribution in [3.8, 4) is 0 Å². The summed E-state index contributed by atoms with van der Waals surface area (Å²) < 4.78 is 18.7. The van der Waals surface area contributed by atoms with Crippen molar-refractivity contribution in [1.29, 1.82) is 0 Å². The fraction of sp³-hybridized carbons (Fsp3) is 0.320. The van der Waals surface area contributed by atoms with Gasteiger partial charge < -0.3 is 9.72 Å². The van der Waals surface area contributed by atoms with E-state index in [-0.39, 0.29) is 17.7 Å². The third kappa shape index (κ3) is 3.71. The third-order valence-electron chi connectivity index (χ3n) is 5.68. The van der Waals surface area contributed by atoms with Crippen LogP contribution in [0, 0.1) is 5.82 Å². The molecule has 1 heterocycles. The van der Waals surface area contributed by atoms with Crippen LogP contribution in [-0.4, -0.2) is 17.6 Å².